The van der Waals surface area contributed by atoms with Gasteiger partial charge in [-0.25, -0.2) is 0 Å². The molecule has 0 fully saturated rings. The van der Waals surface area contributed by atoms with Crippen LogP contribution in [0, 0.1) is 30.6 Å². The fourth-order valence-electron chi connectivity index (χ4n) is 6.65. The van der Waals surface area contributed by atoms with Crippen molar-refractivity contribution in [1.82, 2.24) is 0 Å². The number of Topliss-reactive ketones (excluding diaryl/α,β-unsaturated/α-hetero) is 3. The summed E-state index contributed by atoms with van der Waals surface area (Å²) < 4.78 is 5.49. The summed E-state index contributed by atoms with van der Waals surface area (Å²) in [6.45, 7) is 12.1. The Morgan fingerprint density at radius 2 is 1.40 bits per heavy atom. The largest absolute Gasteiger partial charge is 0.496 e. The number of fused-ring (bicyclic) bond motifs is 15. The van der Waals surface area contributed by atoms with Gasteiger partial charge in [0.15, 0.2) is 23.1 Å². The quantitative estimate of drug-likeness (QED) is 0.257. The van der Waals surface area contributed by atoms with E-state index < -0.39 is 82.9 Å². The number of hydrogen-bond donors (Lipinski definition) is 6. The van der Waals surface area contributed by atoms with Crippen LogP contribution in [0.15, 0.2) is 53.2 Å². The number of rotatable bonds is 1. The van der Waals surface area contributed by atoms with Crippen LogP contribution in [0.4, 0.5) is 0 Å². The minimum absolute atomic E-state index is 0.0228. The van der Waals surface area contributed by atoms with E-state index in [4.69, 9.17) is 10.5 Å². The summed E-state index contributed by atoms with van der Waals surface area (Å²) in [6, 6.07) is -0.0930. The summed E-state index contributed by atoms with van der Waals surface area (Å²) in [6.07, 6.45) is 1.38. The Morgan fingerprint density at radius 3 is 1.98 bits per heavy atom. The highest BCUT2D eigenvalue weighted by Gasteiger charge is 2.42. The zero-order valence-corrected chi connectivity index (χ0v) is 29.0. The topological polar surface area (TPSA) is 205 Å². The summed E-state index contributed by atoms with van der Waals surface area (Å²) in [4.78, 5) is 55.0. The molecule has 262 valence electrons. The molecule has 7 N–H and O–H groups in total. The third-order valence-electron chi connectivity index (χ3n) is 10.0. The van der Waals surface area contributed by atoms with Crippen molar-refractivity contribution < 1.29 is 49.4 Å². The molecule has 10 atom stereocenters. The molecule has 3 aliphatic carbocycles. The van der Waals surface area contributed by atoms with E-state index in [0.29, 0.717) is 5.56 Å². The molecule has 3 aliphatic rings. The van der Waals surface area contributed by atoms with Crippen LogP contribution in [0.5, 0.6) is 5.75 Å². The molecule has 11 heteroatoms. The number of allylic oxidation sites excluding steroid dienone is 4. The molecule has 0 aromatic heterocycles. The second kappa shape index (κ2) is 14.9. The average molecular weight is 668 g/mol. The molecule has 0 unspecified atom stereocenters. The number of nitrogens with two attached hydrogens (primary N) is 1. The van der Waals surface area contributed by atoms with Crippen LogP contribution in [0.2, 0.25) is 0 Å². The zero-order chi connectivity index (χ0) is 36.6. The van der Waals surface area contributed by atoms with Crippen molar-refractivity contribution in [2.75, 3.05) is 7.11 Å². The van der Waals surface area contributed by atoms with E-state index in [1.807, 2.05) is 0 Å². The van der Waals surface area contributed by atoms with Gasteiger partial charge < -0.3 is 36.0 Å². The summed E-state index contributed by atoms with van der Waals surface area (Å²) in [5.74, 6) is -5.92. The maximum absolute atomic E-state index is 13.9. The van der Waals surface area contributed by atoms with E-state index in [0.717, 1.165) is 12.2 Å². The molecule has 0 spiro atoms. The van der Waals surface area contributed by atoms with Crippen LogP contribution >= 0.6 is 0 Å². The molecule has 1 aromatic carbocycles. The van der Waals surface area contributed by atoms with Crippen LogP contribution in [-0.4, -0.2) is 91.8 Å². The van der Waals surface area contributed by atoms with Gasteiger partial charge in [0.2, 0.25) is 0 Å². The van der Waals surface area contributed by atoms with Crippen LogP contribution in [0.25, 0.3) is 0 Å². The van der Waals surface area contributed by atoms with Gasteiger partial charge in [-0.05, 0) is 57.0 Å². The highest BCUT2D eigenvalue weighted by atomic mass is 16.5. The van der Waals surface area contributed by atoms with Crippen molar-refractivity contribution in [3.8, 4) is 5.75 Å². The molecule has 0 heterocycles. The standard InChI is InChI=1S/C37H49NO10/c1-16-11-10-12-17(2)30(41)28(38)25-19(4)33(44)26-23(34(25)45)15-18(3)35(48-9)27(26)24(39)13-14-37(8,47)36(46)22(7)32(43)21(6)31(42)20(5)29(16)40/h10-16,20-22,28-29,31-32,36,40,42-43,46-47H,38H2,1-9H3/t16-,20-,21-,22+,28-,29+,31+,32-,36+,37+/m0/s1. The number of aliphatic hydroxyl groups is 5. The Morgan fingerprint density at radius 1 is 0.833 bits per heavy atom. The lowest BCUT2D eigenvalue weighted by molar-refractivity contribution is -0.116. The lowest BCUT2D eigenvalue weighted by Gasteiger charge is -2.38. The maximum atomic E-state index is 13.9. The Labute approximate surface area is 281 Å². The van der Waals surface area contributed by atoms with Gasteiger partial charge >= 0.3 is 0 Å². The molecular formula is C37H49NO10. The highest BCUT2D eigenvalue weighted by Crippen LogP contribution is 2.38. The lowest BCUT2D eigenvalue weighted by atomic mass is 9.76. The van der Waals surface area contributed by atoms with Gasteiger partial charge in [-0.15, -0.1) is 0 Å². The third-order valence-corrected chi connectivity index (χ3v) is 10.0. The number of hydrogen-bond acceptors (Lipinski definition) is 11. The molecule has 4 rings (SSSR count). The van der Waals surface area contributed by atoms with Crippen molar-refractivity contribution in [3.05, 3.63) is 75.4 Å². The first-order valence-corrected chi connectivity index (χ1v) is 16.1. The number of carbonyl (C=O) groups is 4. The molecule has 0 saturated heterocycles. The van der Waals surface area contributed by atoms with E-state index in [1.54, 1.807) is 39.8 Å². The molecular weight excluding hydrogens is 618 g/mol. The smallest absolute Gasteiger partial charge is 0.192 e. The van der Waals surface area contributed by atoms with Crippen LogP contribution in [0.1, 0.15) is 85.1 Å². The van der Waals surface area contributed by atoms with E-state index in [2.05, 4.69) is 0 Å². The predicted molar refractivity (Wildman–Crippen MR) is 180 cm³/mol. The number of carbonyl (C=O) groups excluding carboxylic acids is 4. The van der Waals surface area contributed by atoms with Gasteiger partial charge in [0, 0.05) is 45.9 Å². The van der Waals surface area contributed by atoms with Crippen LogP contribution in [-0.2, 0) is 4.79 Å². The molecule has 48 heavy (non-hydrogen) atoms. The Balaban J connectivity index is 2.27. The molecule has 0 radical (unpaired) electrons. The SMILES string of the molecule is COc1c(C)cc2c3c1C(=O)C=C[C@@](C)(O)[C@H](O)[C@H](C)[C@@H](O)[C@@H](C)[C@H](O)[C@@H](C)[C@H](O)[C@@H](C)C=CC=C(C)C(=O)[C@@H](N)C(=C(C)C3=O)C2=O. The normalized spacial score (nSPS) is 34.5. The number of benzene rings is 1. The fraction of sp³-hybridized carbons (Fsp3) is 0.514. The molecule has 0 saturated carbocycles. The van der Waals surface area contributed by atoms with Gasteiger partial charge in [-0.3, -0.25) is 19.2 Å². The molecule has 11 nitrogen and oxygen atoms in total. The second-order valence-electron chi connectivity index (χ2n) is 13.6. The van der Waals surface area contributed by atoms with Crippen molar-refractivity contribution in [2.24, 2.45) is 29.4 Å². The number of ketones is 4. The summed E-state index contributed by atoms with van der Waals surface area (Å²) in [5.41, 5.74) is 3.86. The Kier molecular flexibility index (Phi) is 12.1. The van der Waals surface area contributed by atoms with Crippen molar-refractivity contribution in [1.29, 1.82) is 0 Å². The van der Waals surface area contributed by atoms with Gasteiger partial charge in [0.1, 0.15) is 11.4 Å². The van der Waals surface area contributed by atoms with Gasteiger partial charge in [-0.1, -0.05) is 45.9 Å². The summed E-state index contributed by atoms with van der Waals surface area (Å²) in [7, 11) is 1.30. The van der Waals surface area contributed by atoms with E-state index in [1.165, 1.54) is 46.9 Å². The average Bonchev–Trinajstić information content (AvgIpc) is 3.05. The summed E-state index contributed by atoms with van der Waals surface area (Å²) >= 11 is 0. The maximum Gasteiger partial charge on any atom is 0.192 e. The molecule has 4 bridgehead atoms. The first-order valence-electron chi connectivity index (χ1n) is 16.1. The first-order chi connectivity index (χ1) is 22.2. The first kappa shape index (κ1) is 38.9. The van der Waals surface area contributed by atoms with Gasteiger partial charge in [-0.2, -0.15) is 0 Å². The van der Waals surface area contributed by atoms with Gasteiger partial charge in [0.25, 0.3) is 0 Å². The second-order valence-corrected chi connectivity index (χ2v) is 13.6. The minimum atomic E-state index is -2.08. The summed E-state index contributed by atoms with van der Waals surface area (Å²) in [5, 5.41) is 55.7. The van der Waals surface area contributed by atoms with Crippen LogP contribution in [0.3, 0.4) is 0 Å². The van der Waals surface area contributed by atoms with E-state index >= 15 is 0 Å². The third kappa shape index (κ3) is 7.22. The predicted octanol–water partition coefficient (Wildman–Crippen LogP) is 2.59. The fourth-order valence-corrected chi connectivity index (χ4v) is 6.65. The number of ether oxygens (including phenoxy) is 1. The number of methoxy groups -OCH3 is 1. The lowest BCUT2D eigenvalue weighted by Crippen LogP contribution is -2.50. The highest BCUT2D eigenvalue weighted by molar-refractivity contribution is 6.32. The molecule has 1 aromatic rings. The monoisotopic (exact) mass is 667 g/mol. The van der Waals surface area contributed by atoms with E-state index in [-0.39, 0.29) is 39.2 Å². The Bertz CT molecular complexity index is 1600. The Hall–Kier alpha value is -3.58. The number of aryl methyl sites for hydroxylation is 1. The van der Waals surface area contributed by atoms with Crippen LogP contribution < -0.4 is 10.5 Å². The molecule has 0 amide bonds. The molecule has 0 aliphatic heterocycles. The van der Waals surface area contributed by atoms with Crippen molar-refractivity contribution >= 4 is 23.1 Å². The zero-order valence-electron chi connectivity index (χ0n) is 29.0. The van der Waals surface area contributed by atoms with E-state index in [9.17, 15) is 44.7 Å². The van der Waals surface area contributed by atoms with Gasteiger partial charge in [0.05, 0.1) is 43.1 Å². The minimum Gasteiger partial charge on any atom is -0.496 e. The number of aliphatic hydroxyl groups excluding tert-OH is 4. The van der Waals surface area contributed by atoms with Crippen molar-refractivity contribution in [2.45, 2.75) is 91.4 Å². The van der Waals surface area contributed by atoms with Crippen molar-refractivity contribution in [3.63, 3.8) is 0 Å².